The van der Waals surface area contributed by atoms with Gasteiger partial charge in [-0.25, -0.2) is 4.39 Å². The number of nitrogens with zero attached hydrogens (tertiary/aromatic N) is 2. The number of aromatic nitrogens is 2. The van der Waals surface area contributed by atoms with E-state index in [-0.39, 0.29) is 11.9 Å². The first-order valence-corrected chi connectivity index (χ1v) is 5.95. The van der Waals surface area contributed by atoms with Crippen molar-refractivity contribution in [2.45, 2.75) is 19.4 Å². The van der Waals surface area contributed by atoms with Crippen LogP contribution in [0.3, 0.4) is 0 Å². The van der Waals surface area contributed by atoms with Crippen molar-refractivity contribution in [1.82, 2.24) is 10.2 Å². The highest BCUT2D eigenvalue weighted by atomic mass is 79.9. The number of nitrogens with two attached hydrogens (primary N) is 1. The van der Waals surface area contributed by atoms with Gasteiger partial charge in [0, 0.05) is 4.47 Å². The van der Waals surface area contributed by atoms with Crippen molar-refractivity contribution in [2.24, 2.45) is 5.73 Å². The van der Waals surface area contributed by atoms with Crippen molar-refractivity contribution in [3.8, 4) is 11.5 Å². The van der Waals surface area contributed by atoms with E-state index in [1.54, 1.807) is 6.07 Å². The fourth-order valence-corrected chi connectivity index (χ4v) is 1.85. The summed E-state index contributed by atoms with van der Waals surface area (Å²) in [6.07, 6.45) is 0.715. The molecule has 90 valence electrons. The zero-order valence-corrected chi connectivity index (χ0v) is 10.7. The highest BCUT2D eigenvalue weighted by molar-refractivity contribution is 9.10. The fourth-order valence-electron chi connectivity index (χ4n) is 1.33. The van der Waals surface area contributed by atoms with Gasteiger partial charge in [-0.2, -0.15) is 0 Å². The predicted octanol–water partition coefficient (Wildman–Crippen LogP) is 3.05. The Hall–Kier alpha value is -1.27. The maximum atomic E-state index is 12.9. The minimum absolute atomic E-state index is 0.268. The minimum Gasteiger partial charge on any atom is -0.419 e. The molecule has 0 amide bonds. The molecule has 2 N–H and O–H groups in total. The van der Waals surface area contributed by atoms with Gasteiger partial charge >= 0.3 is 0 Å². The molecule has 0 radical (unpaired) electrons. The van der Waals surface area contributed by atoms with Crippen molar-refractivity contribution in [1.29, 1.82) is 0 Å². The quantitative estimate of drug-likeness (QED) is 0.946. The third-order valence-corrected chi connectivity index (χ3v) is 3.02. The van der Waals surface area contributed by atoms with E-state index >= 15 is 0 Å². The second-order valence-electron chi connectivity index (χ2n) is 3.58. The van der Waals surface area contributed by atoms with Gasteiger partial charge in [0.25, 0.3) is 0 Å². The molecule has 0 bridgehead atoms. The Bertz CT molecular complexity index is 529. The molecule has 1 unspecified atom stereocenters. The summed E-state index contributed by atoms with van der Waals surface area (Å²) in [6, 6.07) is 3.99. The number of hydrogen-bond donors (Lipinski definition) is 1. The van der Waals surface area contributed by atoms with Crippen molar-refractivity contribution in [3.05, 3.63) is 34.4 Å². The van der Waals surface area contributed by atoms with Crippen LogP contribution in [-0.2, 0) is 0 Å². The van der Waals surface area contributed by atoms with E-state index in [4.69, 9.17) is 10.2 Å². The Labute approximate surface area is 106 Å². The van der Waals surface area contributed by atoms with Crippen LogP contribution in [0, 0.1) is 5.82 Å². The smallest absolute Gasteiger partial charge is 0.248 e. The Morgan fingerprint density at radius 2 is 2.24 bits per heavy atom. The van der Waals surface area contributed by atoms with Crippen LogP contribution in [0.4, 0.5) is 4.39 Å². The third kappa shape index (κ3) is 2.53. The molecule has 0 aliphatic carbocycles. The summed E-state index contributed by atoms with van der Waals surface area (Å²) in [5, 5.41) is 7.77. The predicted molar refractivity (Wildman–Crippen MR) is 64.6 cm³/mol. The molecule has 1 aromatic carbocycles. The van der Waals surface area contributed by atoms with Crippen LogP contribution in [0.2, 0.25) is 0 Å². The molecule has 4 nitrogen and oxygen atoms in total. The first kappa shape index (κ1) is 12.2. The molecule has 6 heteroatoms. The molecule has 0 saturated carbocycles. The lowest BCUT2D eigenvalue weighted by atomic mass is 10.2. The van der Waals surface area contributed by atoms with Gasteiger partial charge in [-0.1, -0.05) is 6.92 Å². The van der Waals surface area contributed by atoms with E-state index in [2.05, 4.69) is 26.1 Å². The lowest BCUT2D eigenvalue weighted by Gasteiger charge is -2.01. The van der Waals surface area contributed by atoms with Crippen LogP contribution in [0.25, 0.3) is 11.5 Å². The molecule has 0 aliphatic heterocycles. The summed E-state index contributed by atoms with van der Waals surface area (Å²) in [5.41, 5.74) is 6.43. The normalized spacial score (nSPS) is 12.7. The molecule has 0 aliphatic rings. The lowest BCUT2D eigenvalue weighted by molar-refractivity contribution is 0.452. The molecule has 0 fully saturated rings. The average molecular weight is 300 g/mol. The van der Waals surface area contributed by atoms with E-state index in [9.17, 15) is 4.39 Å². The standard InChI is InChI=1S/C11H11BrFN3O/c1-2-9(14)11-16-15-10(17-11)7-4-3-6(13)5-8(7)12/h3-5,9H,2,14H2,1H3. The highest BCUT2D eigenvalue weighted by Gasteiger charge is 2.15. The van der Waals surface area contributed by atoms with Gasteiger partial charge in [0.05, 0.1) is 11.6 Å². The van der Waals surface area contributed by atoms with Crippen molar-refractivity contribution < 1.29 is 8.81 Å². The number of benzene rings is 1. The van der Waals surface area contributed by atoms with Crippen LogP contribution < -0.4 is 5.73 Å². The van der Waals surface area contributed by atoms with Gasteiger partial charge in [-0.05, 0) is 40.5 Å². The van der Waals surface area contributed by atoms with Crippen LogP contribution in [0.15, 0.2) is 27.1 Å². The van der Waals surface area contributed by atoms with E-state index in [1.807, 2.05) is 6.92 Å². The second kappa shape index (κ2) is 4.93. The largest absolute Gasteiger partial charge is 0.419 e. The zero-order chi connectivity index (χ0) is 12.4. The Balaban J connectivity index is 2.37. The SMILES string of the molecule is CCC(N)c1nnc(-c2ccc(F)cc2Br)o1. The van der Waals surface area contributed by atoms with Crippen LogP contribution in [0.5, 0.6) is 0 Å². The molecule has 2 rings (SSSR count). The number of hydrogen-bond acceptors (Lipinski definition) is 4. The van der Waals surface area contributed by atoms with Gasteiger partial charge in [-0.15, -0.1) is 10.2 Å². The second-order valence-corrected chi connectivity index (χ2v) is 4.44. The maximum absolute atomic E-state index is 12.9. The van der Waals surface area contributed by atoms with Gasteiger partial charge in [0.15, 0.2) is 0 Å². The van der Waals surface area contributed by atoms with Crippen LogP contribution in [-0.4, -0.2) is 10.2 Å². The van der Waals surface area contributed by atoms with Crippen LogP contribution >= 0.6 is 15.9 Å². The summed E-state index contributed by atoms with van der Waals surface area (Å²) in [7, 11) is 0. The minimum atomic E-state index is -0.328. The van der Waals surface area contributed by atoms with Gasteiger partial charge in [0.1, 0.15) is 5.82 Å². The summed E-state index contributed by atoms with van der Waals surface area (Å²) in [6.45, 7) is 1.93. The summed E-state index contributed by atoms with van der Waals surface area (Å²) in [4.78, 5) is 0. The molecule has 1 heterocycles. The molecule has 0 saturated heterocycles. The maximum Gasteiger partial charge on any atom is 0.248 e. The highest BCUT2D eigenvalue weighted by Crippen LogP contribution is 2.28. The molecule has 1 aromatic heterocycles. The number of halogens is 2. The topological polar surface area (TPSA) is 64.9 Å². The monoisotopic (exact) mass is 299 g/mol. The average Bonchev–Trinajstić information content (AvgIpc) is 2.77. The first-order chi connectivity index (χ1) is 8.11. The molecular weight excluding hydrogens is 289 g/mol. The first-order valence-electron chi connectivity index (χ1n) is 5.16. The molecule has 0 spiro atoms. The summed E-state index contributed by atoms with van der Waals surface area (Å²) in [5.74, 6) is 0.389. The van der Waals surface area contributed by atoms with Gasteiger partial charge in [-0.3, -0.25) is 0 Å². The van der Waals surface area contributed by atoms with Gasteiger partial charge in [0.2, 0.25) is 11.8 Å². The molecular formula is C11H11BrFN3O. The van der Waals surface area contributed by atoms with E-state index in [1.165, 1.54) is 12.1 Å². The Morgan fingerprint density at radius 3 is 2.88 bits per heavy atom. The Kier molecular flexibility index (Phi) is 3.54. The summed E-state index contributed by atoms with van der Waals surface area (Å²) < 4.78 is 18.9. The lowest BCUT2D eigenvalue weighted by Crippen LogP contribution is -2.08. The van der Waals surface area contributed by atoms with Crippen molar-refractivity contribution in [2.75, 3.05) is 0 Å². The zero-order valence-electron chi connectivity index (χ0n) is 9.15. The van der Waals surface area contributed by atoms with Crippen molar-refractivity contribution in [3.63, 3.8) is 0 Å². The fraction of sp³-hybridized carbons (Fsp3) is 0.273. The molecule has 2 aromatic rings. The van der Waals surface area contributed by atoms with Crippen LogP contribution in [0.1, 0.15) is 25.3 Å². The van der Waals surface area contributed by atoms with Crippen molar-refractivity contribution >= 4 is 15.9 Å². The van der Waals surface area contributed by atoms with Gasteiger partial charge < -0.3 is 10.2 Å². The molecule has 1 atom stereocenters. The van der Waals surface area contributed by atoms with E-state index in [0.29, 0.717) is 28.2 Å². The van der Waals surface area contributed by atoms with E-state index < -0.39 is 0 Å². The summed E-state index contributed by atoms with van der Waals surface area (Å²) >= 11 is 3.25. The van der Waals surface area contributed by atoms with E-state index in [0.717, 1.165) is 0 Å². The third-order valence-electron chi connectivity index (χ3n) is 2.36. The Morgan fingerprint density at radius 1 is 1.47 bits per heavy atom. The number of rotatable bonds is 3. The molecule has 17 heavy (non-hydrogen) atoms.